The number of rotatable bonds is 5. The molecular weight excluding hydrogens is 210 g/mol. The Morgan fingerprint density at radius 1 is 1.73 bits per heavy atom. The van der Waals surface area contributed by atoms with E-state index >= 15 is 0 Å². The molecule has 4 heteroatoms. The summed E-state index contributed by atoms with van der Waals surface area (Å²) in [6.07, 6.45) is 0.739. The van der Waals surface area contributed by atoms with Crippen molar-refractivity contribution < 1.29 is 9.90 Å². The van der Waals surface area contributed by atoms with Crippen LogP contribution in [-0.4, -0.2) is 29.5 Å². The quantitative estimate of drug-likeness (QED) is 0.668. The topological polar surface area (TPSA) is 49.3 Å². The minimum atomic E-state index is -0.00482. The van der Waals surface area contributed by atoms with Crippen LogP contribution < -0.4 is 5.32 Å². The van der Waals surface area contributed by atoms with E-state index in [1.54, 1.807) is 0 Å². The second-order valence-electron chi connectivity index (χ2n) is 2.56. The Morgan fingerprint density at radius 2 is 2.36 bits per heavy atom. The number of carbonyl (C=O) groups excluding carboxylic acids is 1. The number of aliphatic hydroxyl groups is 1. The highest BCUT2D eigenvalue weighted by atomic mass is 79.9. The Kier molecular flexibility index (Phi) is 6.56. The van der Waals surface area contributed by atoms with Gasteiger partial charge in [-0.2, -0.15) is 0 Å². The van der Waals surface area contributed by atoms with Crippen LogP contribution in [0.2, 0.25) is 0 Å². The van der Waals surface area contributed by atoms with Gasteiger partial charge in [0, 0.05) is 13.2 Å². The lowest BCUT2D eigenvalue weighted by Crippen LogP contribution is -2.29. The lowest BCUT2D eigenvalue weighted by atomic mass is 10.1. The number of hydrogen-bond donors (Lipinski definition) is 2. The van der Waals surface area contributed by atoms with Crippen LogP contribution in [0.1, 0.15) is 13.3 Å². The van der Waals surface area contributed by atoms with Crippen LogP contribution >= 0.6 is 15.9 Å². The molecule has 3 nitrogen and oxygen atoms in total. The van der Waals surface area contributed by atoms with Gasteiger partial charge in [0.15, 0.2) is 0 Å². The largest absolute Gasteiger partial charge is 0.396 e. The highest BCUT2D eigenvalue weighted by molar-refractivity contribution is 9.09. The molecule has 0 aromatic carbocycles. The van der Waals surface area contributed by atoms with Gasteiger partial charge in [-0.25, -0.2) is 0 Å². The van der Waals surface area contributed by atoms with Gasteiger partial charge in [0.25, 0.3) is 0 Å². The number of halogens is 1. The Morgan fingerprint density at radius 3 is 2.82 bits per heavy atom. The number of aliphatic hydroxyl groups excluding tert-OH is 1. The first-order chi connectivity index (χ1) is 5.20. The molecule has 0 aromatic rings. The van der Waals surface area contributed by atoms with Crippen LogP contribution in [0.4, 0.5) is 0 Å². The molecule has 0 aliphatic carbocycles. The third kappa shape index (κ3) is 6.31. The van der Waals surface area contributed by atoms with Gasteiger partial charge in [-0.1, -0.05) is 22.9 Å². The molecule has 0 spiro atoms. The van der Waals surface area contributed by atoms with E-state index < -0.39 is 0 Å². The van der Waals surface area contributed by atoms with E-state index in [4.69, 9.17) is 5.11 Å². The van der Waals surface area contributed by atoms with Crippen molar-refractivity contribution in [2.75, 3.05) is 18.5 Å². The smallest absolute Gasteiger partial charge is 0.230 e. The maximum atomic E-state index is 10.7. The van der Waals surface area contributed by atoms with Crippen LogP contribution in [0.15, 0.2) is 0 Å². The van der Waals surface area contributed by atoms with E-state index in [0.29, 0.717) is 17.8 Å². The fourth-order valence-corrected chi connectivity index (χ4v) is 0.856. The first-order valence-corrected chi connectivity index (χ1v) is 4.76. The Hall–Kier alpha value is -0.0900. The lowest BCUT2D eigenvalue weighted by Gasteiger charge is -2.09. The number of alkyl halides is 1. The van der Waals surface area contributed by atoms with E-state index in [-0.39, 0.29) is 12.5 Å². The van der Waals surface area contributed by atoms with Crippen molar-refractivity contribution in [3.63, 3.8) is 0 Å². The van der Waals surface area contributed by atoms with Crippen LogP contribution in [0, 0.1) is 5.92 Å². The molecule has 0 saturated heterocycles. The molecule has 0 bridgehead atoms. The molecule has 1 amide bonds. The second kappa shape index (κ2) is 6.61. The van der Waals surface area contributed by atoms with Gasteiger partial charge >= 0.3 is 0 Å². The molecule has 1 unspecified atom stereocenters. The van der Waals surface area contributed by atoms with E-state index in [0.717, 1.165) is 6.42 Å². The van der Waals surface area contributed by atoms with Gasteiger partial charge < -0.3 is 10.4 Å². The van der Waals surface area contributed by atoms with Crippen LogP contribution in [0.25, 0.3) is 0 Å². The summed E-state index contributed by atoms with van der Waals surface area (Å²) in [6, 6.07) is 0. The summed E-state index contributed by atoms with van der Waals surface area (Å²) in [6.45, 7) is 2.82. The van der Waals surface area contributed by atoms with Gasteiger partial charge in [0.2, 0.25) is 5.91 Å². The van der Waals surface area contributed by atoms with Crippen molar-refractivity contribution in [3.8, 4) is 0 Å². The van der Waals surface area contributed by atoms with Gasteiger partial charge in [-0.05, 0) is 12.3 Å². The van der Waals surface area contributed by atoms with Gasteiger partial charge in [0.1, 0.15) is 0 Å². The summed E-state index contributed by atoms with van der Waals surface area (Å²) in [5.74, 6) is 0.345. The summed E-state index contributed by atoms with van der Waals surface area (Å²) < 4.78 is 0. The zero-order valence-corrected chi connectivity index (χ0v) is 8.23. The Balaban J connectivity index is 3.29. The molecule has 0 rings (SSSR count). The molecule has 66 valence electrons. The predicted molar refractivity (Wildman–Crippen MR) is 47.7 cm³/mol. The predicted octanol–water partition coefficient (Wildman–Crippen LogP) is 0.516. The SMILES string of the molecule is CC(CCO)CNC(=O)CBr. The number of hydrogen-bond acceptors (Lipinski definition) is 2. The second-order valence-corrected chi connectivity index (χ2v) is 3.12. The molecule has 1 atom stereocenters. The van der Waals surface area contributed by atoms with Crippen molar-refractivity contribution >= 4 is 21.8 Å². The molecule has 0 aliphatic heterocycles. The molecule has 0 fully saturated rings. The van der Waals surface area contributed by atoms with Crippen molar-refractivity contribution in [3.05, 3.63) is 0 Å². The summed E-state index contributed by atoms with van der Waals surface area (Å²) in [7, 11) is 0. The average molecular weight is 224 g/mol. The zero-order valence-electron chi connectivity index (χ0n) is 6.64. The first kappa shape index (κ1) is 10.9. The van der Waals surface area contributed by atoms with Crippen molar-refractivity contribution in [2.45, 2.75) is 13.3 Å². The maximum absolute atomic E-state index is 10.7. The molecule has 0 heterocycles. The lowest BCUT2D eigenvalue weighted by molar-refractivity contribution is -0.118. The highest BCUT2D eigenvalue weighted by Crippen LogP contribution is 1.97. The van der Waals surface area contributed by atoms with E-state index in [2.05, 4.69) is 21.2 Å². The zero-order chi connectivity index (χ0) is 8.69. The summed E-state index contributed by atoms with van der Waals surface area (Å²) >= 11 is 3.04. The first-order valence-electron chi connectivity index (χ1n) is 3.64. The fraction of sp³-hybridized carbons (Fsp3) is 0.857. The minimum absolute atomic E-state index is 0.00482. The van der Waals surface area contributed by atoms with E-state index in [1.807, 2.05) is 6.92 Å². The highest BCUT2D eigenvalue weighted by Gasteiger charge is 2.02. The molecule has 2 N–H and O–H groups in total. The molecule has 0 saturated carbocycles. The van der Waals surface area contributed by atoms with Crippen molar-refractivity contribution in [1.29, 1.82) is 0 Å². The third-order valence-corrected chi connectivity index (χ3v) is 1.90. The van der Waals surface area contributed by atoms with Crippen molar-refractivity contribution in [2.24, 2.45) is 5.92 Å². The van der Waals surface area contributed by atoms with E-state index in [1.165, 1.54) is 0 Å². The molecule has 11 heavy (non-hydrogen) atoms. The summed E-state index contributed by atoms with van der Waals surface area (Å²) in [5, 5.41) is 11.6. The number of nitrogens with one attached hydrogen (secondary N) is 1. The third-order valence-electron chi connectivity index (χ3n) is 1.39. The summed E-state index contributed by atoms with van der Waals surface area (Å²) in [4.78, 5) is 10.7. The number of carbonyl (C=O) groups is 1. The van der Waals surface area contributed by atoms with Crippen LogP contribution in [-0.2, 0) is 4.79 Å². The average Bonchev–Trinajstić information content (AvgIpc) is 2.01. The van der Waals surface area contributed by atoms with Crippen LogP contribution in [0.5, 0.6) is 0 Å². The Labute approximate surface area is 75.3 Å². The molecular formula is C7H14BrNO2. The standard InChI is InChI=1S/C7H14BrNO2/c1-6(2-3-10)5-9-7(11)4-8/h6,10H,2-5H2,1H3,(H,9,11). The van der Waals surface area contributed by atoms with Crippen molar-refractivity contribution in [1.82, 2.24) is 5.32 Å². The minimum Gasteiger partial charge on any atom is -0.396 e. The molecule has 0 aromatic heterocycles. The Bertz CT molecular complexity index is 119. The summed E-state index contributed by atoms with van der Waals surface area (Å²) in [5.41, 5.74) is 0. The van der Waals surface area contributed by atoms with Crippen LogP contribution in [0.3, 0.4) is 0 Å². The van der Waals surface area contributed by atoms with Gasteiger partial charge in [-0.3, -0.25) is 4.79 Å². The molecule has 0 radical (unpaired) electrons. The van der Waals surface area contributed by atoms with Gasteiger partial charge in [-0.15, -0.1) is 0 Å². The molecule has 0 aliphatic rings. The fourth-order valence-electron chi connectivity index (χ4n) is 0.658. The monoisotopic (exact) mass is 223 g/mol. The van der Waals surface area contributed by atoms with E-state index in [9.17, 15) is 4.79 Å². The normalized spacial score (nSPS) is 12.6. The maximum Gasteiger partial charge on any atom is 0.230 e. The van der Waals surface area contributed by atoms with Gasteiger partial charge in [0.05, 0.1) is 5.33 Å². The number of amides is 1.